The number of hydrogen-bond donors (Lipinski definition) is 0. The van der Waals surface area contributed by atoms with Crippen LogP contribution in [0, 0.1) is 0 Å². The van der Waals surface area contributed by atoms with E-state index in [4.69, 9.17) is 19.2 Å². The van der Waals surface area contributed by atoms with Crippen LogP contribution in [0.4, 0.5) is 10.6 Å². The van der Waals surface area contributed by atoms with Gasteiger partial charge >= 0.3 is 12.1 Å². The summed E-state index contributed by atoms with van der Waals surface area (Å²) in [7, 11) is 0. The lowest BCUT2D eigenvalue weighted by atomic mass is 10.1. The van der Waals surface area contributed by atoms with E-state index >= 15 is 0 Å². The number of pyridine rings is 2. The maximum atomic E-state index is 12.9. The Hall–Kier alpha value is -5.18. The number of nitrogens with zero attached hydrogens (tertiary/aromatic N) is 4. The third kappa shape index (κ3) is 6.88. The van der Waals surface area contributed by atoms with Crippen molar-refractivity contribution in [1.82, 2.24) is 14.5 Å². The minimum atomic E-state index is -0.575. The van der Waals surface area contributed by atoms with Crippen molar-refractivity contribution in [3.8, 4) is 5.75 Å². The van der Waals surface area contributed by atoms with Crippen LogP contribution in [-0.4, -0.2) is 52.0 Å². The number of amides is 1. The fourth-order valence-electron chi connectivity index (χ4n) is 5.61. The molecule has 9 nitrogen and oxygen atoms in total. The third-order valence-electron chi connectivity index (χ3n) is 7.69. The molecule has 0 saturated carbocycles. The van der Waals surface area contributed by atoms with E-state index in [2.05, 4.69) is 11.1 Å². The fraction of sp³-hybridized carbons (Fsp3) is 0.297. The van der Waals surface area contributed by atoms with Crippen molar-refractivity contribution in [1.29, 1.82) is 0 Å². The van der Waals surface area contributed by atoms with Gasteiger partial charge in [-0.2, -0.15) is 0 Å². The van der Waals surface area contributed by atoms with E-state index in [-0.39, 0.29) is 12.7 Å². The Kier molecular flexibility index (Phi) is 8.74. The van der Waals surface area contributed by atoms with Crippen molar-refractivity contribution in [3.63, 3.8) is 0 Å². The molecular weight excluding hydrogens is 580 g/mol. The minimum Gasteiger partial charge on any atom is -0.493 e. The molecule has 0 aliphatic carbocycles. The molecule has 4 heterocycles. The summed E-state index contributed by atoms with van der Waals surface area (Å²) >= 11 is 0. The Balaban J connectivity index is 1.19. The number of benzene rings is 2. The smallest absolute Gasteiger partial charge is 0.416 e. The van der Waals surface area contributed by atoms with Gasteiger partial charge in [-0.05, 0) is 88.6 Å². The van der Waals surface area contributed by atoms with Gasteiger partial charge in [-0.15, -0.1) is 0 Å². The van der Waals surface area contributed by atoms with Gasteiger partial charge < -0.3 is 18.8 Å². The van der Waals surface area contributed by atoms with Crippen LogP contribution in [0.1, 0.15) is 50.9 Å². The largest absolute Gasteiger partial charge is 0.493 e. The molecule has 6 rings (SSSR count). The average Bonchev–Trinajstić information content (AvgIpc) is 3.45. The lowest BCUT2D eigenvalue weighted by Crippen LogP contribution is -2.40. The Morgan fingerprint density at radius 2 is 1.85 bits per heavy atom. The first kappa shape index (κ1) is 30.8. The number of fused-ring (bicyclic) bond motifs is 3. The highest BCUT2D eigenvalue weighted by atomic mass is 16.6. The molecule has 0 spiro atoms. The van der Waals surface area contributed by atoms with Crippen molar-refractivity contribution < 1.29 is 23.8 Å². The average molecular weight is 619 g/mol. The van der Waals surface area contributed by atoms with Gasteiger partial charge in [-0.25, -0.2) is 14.6 Å². The number of carbonyl (C=O) groups excluding carboxylic acids is 2. The van der Waals surface area contributed by atoms with E-state index in [1.807, 2.05) is 92.2 Å². The number of esters is 1. The molecule has 2 aromatic carbocycles. The zero-order valence-electron chi connectivity index (χ0n) is 26.7. The van der Waals surface area contributed by atoms with Gasteiger partial charge in [0.25, 0.3) is 0 Å². The number of aryl methyl sites for hydroxylation is 1. The van der Waals surface area contributed by atoms with Crippen molar-refractivity contribution >= 4 is 45.4 Å². The van der Waals surface area contributed by atoms with Crippen LogP contribution in [0.5, 0.6) is 5.75 Å². The van der Waals surface area contributed by atoms with Crippen LogP contribution in [0.15, 0.2) is 85.2 Å². The van der Waals surface area contributed by atoms with Gasteiger partial charge in [0, 0.05) is 53.5 Å². The van der Waals surface area contributed by atoms with Gasteiger partial charge in [-0.3, -0.25) is 9.88 Å². The Morgan fingerprint density at radius 3 is 2.67 bits per heavy atom. The number of rotatable bonds is 8. The Bertz CT molecular complexity index is 1940. The first-order valence-electron chi connectivity index (χ1n) is 15.7. The SMILES string of the molecule is CCOC(=O)C=C(c1cnc2ccccc2c1)n1ccc2cc(OCCc3ccc4c(n3)N(C(=O)OC(C)(C)C)CCC4)ccc21. The molecule has 1 aliphatic heterocycles. The molecule has 0 bridgehead atoms. The van der Waals surface area contributed by atoms with E-state index in [9.17, 15) is 9.59 Å². The molecule has 0 fully saturated rings. The second-order valence-corrected chi connectivity index (χ2v) is 12.2. The lowest BCUT2D eigenvalue weighted by Gasteiger charge is -2.31. The van der Waals surface area contributed by atoms with Crippen LogP contribution in [0.3, 0.4) is 0 Å². The highest BCUT2D eigenvalue weighted by molar-refractivity contribution is 5.96. The summed E-state index contributed by atoms with van der Waals surface area (Å²) in [6.07, 6.45) is 7.18. The molecule has 9 heteroatoms. The van der Waals surface area contributed by atoms with Crippen LogP contribution in [-0.2, 0) is 27.1 Å². The fourth-order valence-corrected chi connectivity index (χ4v) is 5.61. The summed E-state index contributed by atoms with van der Waals surface area (Å²) in [6, 6.07) is 21.8. The molecule has 0 unspecified atom stereocenters. The summed E-state index contributed by atoms with van der Waals surface area (Å²) in [5.41, 5.74) is 4.58. The Labute approximate surface area is 268 Å². The quantitative estimate of drug-likeness (QED) is 0.133. The molecule has 46 heavy (non-hydrogen) atoms. The molecule has 5 aromatic rings. The van der Waals surface area contributed by atoms with Crippen LogP contribution >= 0.6 is 0 Å². The molecule has 1 amide bonds. The van der Waals surface area contributed by atoms with E-state index in [0.29, 0.717) is 31.1 Å². The molecule has 236 valence electrons. The first-order valence-corrected chi connectivity index (χ1v) is 15.7. The highest BCUT2D eigenvalue weighted by Gasteiger charge is 2.28. The second kappa shape index (κ2) is 13.0. The number of para-hydroxylation sites is 1. The minimum absolute atomic E-state index is 0.286. The lowest BCUT2D eigenvalue weighted by molar-refractivity contribution is -0.137. The molecule has 0 saturated heterocycles. The van der Waals surface area contributed by atoms with Crippen LogP contribution in [0.2, 0.25) is 0 Å². The first-order chi connectivity index (χ1) is 22.2. The topological polar surface area (TPSA) is 95.8 Å². The number of carbonyl (C=O) groups is 2. The van der Waals surface area contributed by atoms with Crippen LogP contribution < -0.4 is 9.64 Å². The van der Waals surface area contributed by atoms with E-state index < -0.39 is 11.6 Å². The summed E-state index contributed by atoms with van der Waals surface area (Å²) in [6.45, 7) is 8.68. The summed E-state index contributed by atoms with van der Waals surface area (Å²) in [5, 5.41) is 1.94. The van der Waals surface area contributed by atoms with Crippen molar-refractivity contribution in [2.24, 2.45) is 0 Å². The summed E-state index contributed by atoms with van der Waals surface area (Å²) in [4.78, 5) is 36.6. The number of anilines is 1. The number of hydrogen-bond acceptors (Lipinski definition) is 7. The number of ether oxygens (including phenoxy) is 3. The monoisotopic (exact) mass is 618 g/mol. The molecule has 1 aliphatic rings. The zero-order valence-corrected chi connectivity index (χ0v) is 26.7. The normalized spacial score (nSPS) is 13.5. The highest BCUT2D eigenvalue weighted by Crippen LogP contribution is 2.30. The Morgan fingerprint density at radius 1 is 1.00 bits per heavy atom. The maximum absolute atomic E-state index is 12.9. The van der Waals surface area contributed by atoms with Crippen LogP contribution in [0.25, 0.3) is 27.5 Å². The van der Waals surface area contributed by atoms with E-state index in [0.717, 1.165) is 57.2 Å². The second-order valence-electron chi connectivity index (χ2n) is 12.2. The summed E-state index contributed by atoms with van der Waals surface area (Å²) in [5.74, 6) is 0.980. The molecule has 3 aromatic heterocycles. The third-order valence-corrected chi connectivity index (χ3v) is 7.69. The molecular formula is C37H38N4O5. The van der Waals surface area contributed by atoms with Crippen molar-refractivity contribution in [3.05, 3.63) is 102 Å². The van der Waals surface area contributed by atoms with Crippen molar-refractivity contribution in [2.75, 3.05) is 24.7 Å². The standard InChI is InChI=1S/C37H38N4O5/c1-5-44-34(42)23-33(28-21-26-9-6-7-11-31(26)38-24-28)40-19-16-27-22-30(14-15-32(27)40)45-20-17-29-13-12-25-10-8-18-41(35(25)39-29)36(43)46-37(2,3)4/h6-7,9,11-16,19,21-24H,5,8,10,17-18,20H2,1-4H3. The van der Waals surface area contributed by atoms with E-state index in [1.54, 1.807) is 18.0 Å². The van der Waals surface area contributed by atoms with Gasteiger partial charge in [0.2, 0.25) is 0 Å². The van der Waals surface area contributed by atoms with Gasteiger partial charge in [0.05, 0.1) is 29.9 Å². The van der Waals surface area contributed by atoms with Crippen molar-refractivity contribution in [2.45, 2.75) is 52.6 Å². The molecule has 0 atom stereocenters. The van der Waals surface area contributed by atoms with E-state index in [1.165, 1.54) is 6.08 Å². The van der Waals surface area contributed by atoms with Gasteiger partial charge in [0.1, 0.15) is 17.2 Å². The maximum Gasteiger partial charge on any atom is 0.416 e. The predicted octanol–water partition coefficient (Wildman–Crippen LogP) is 7.35. The molecule has 0 N–H and O–H groups in total. The van der Waals surface area contributed by atoms with Gasteiger partial charge in [0.15, 0.2) is 0 Å². The number of aromatic nitrogens is 3. The molecule has 0 radical (unpaired) electrons. The van der Waals surface area contributed by atoms with Gasteiger partial charge in [-0.1, -0.05) is 24.3 Å². The predicted molar refractivity (Wildman–Crippen MR) is 179 cm³/mol. The summed E-state index contributed by atoms with van der Waals surface area (Å²) < 4.78 is 19.0. The zero-order chi connectivity index (χ0) is 32.3.